The number of halogens is 1. The number of nitrogens with one attached hydrogen (secondary N) is 1. The molecule has 2 fully saturated rings. The van der Waals surface area contributed by atoms with Crippen LogP contribution in [0.4, 0.5) is 0 Å². The summed E-state index contributed by atoms with van der Waals surface area (Å²) in [6, 6.07) is 6.13. The van der Waals surface area contributed by atoms with Crippen molar-refractivity contribution in [3.8, 4) is 0 Å². The molecule has 4 heterocycles. The maximum atomic E-state index is 12.4. The summed E-state index contributed by atoms with van der Waals surface area (Å²) in [5.74, 6) is 1.17. The van der Waals surface area contributed by atoms with Gasteiger partial charge in [-0.05, 0) is 31.9 Å². The van der Waals surface area contributed by atoms with Gasteiger partial charge >= 0.3 is 0 Å². The van der Waals surface area contributed by atoms with Crippen molar-refractivity contribution >= 4 is 41.5 Å². The van der Waals surface area contributed by atoms with Gasteiger partial charge in [0, 0.05) is 58.2 Å². The van der Waals surface area contributed by atoms with Crippen LogP contribution >= 0.6 is 24.0 Å². The van der Waals surface area contributed by atoms with Crippen molar-refractivity contribution in [3.05, 3.63) is 35.8 Å². The second kappa shape index (κ2) is 10.4. The number of hydrogen-bond donors (Lipinski definition) is 1. The fourth-order valence-electron chi connectivity index (χ4n) is 4.16. The molecule has 0 aromatic carbocycles. The third-order valence-electron chi connectivity index (χ3n) is 5.87. The highest BCUT2D eigenvalue weighted by molar-refractivity contribution is 14.0. The number of imidazole rings is 1. The highest BCUT2D eigenvalue weighted by atomic mass is 127. The van der Waals surface area contributed by atoms with Crippen LogP contribution in [0, 0.1) is 6.92 Å². The summed E-state index contributed by atoms with van der Waals surface area (Å²) < 4.78 is 2.11. The lowest BCUT2D eigenvalue weighted by Crippen LogP contribution is -2.54. The first-order chi connectivity index (χ1) is 14.1. The van der Waals surface area contributed by atoms with Crippen LogP contribution in [-0.2, 0) is 11.3 Å². The lowest BCUT2D eigenvalue weighted by molar-refractivity contribution is -0.131. The maximum absolute atomic E-state index is 12.4. The van der Waals surface area contributed by atoms with Gasteiger partial charge in [-0.25, -0.2) is 4.98 Å². The van der Waals surface area contributed by atoms with Gasteiger partial charge in [0.25, 0.3) is 0 Å². The number of fused-ring (bicyclic) bond motifs is 1. The van der Waals surface area contributed by atoms with Crippen LogP contribution < -0.4 is 5.32 Å². The Balaban J connectivity index is 0.00000256. The largest absolute Gasteiger partial charge is 0.351 e. The average molecular weight is 525 g/mol. The number of pyridine rings is 1. The Hall–Kier alpha value is -1.88. The van der Waals surface area contributed by atoms with Gasteiger partial charge in [0.05, 0.1) is 18.8 Å². The van der Waals surface area contributed by atoms with Crippen LogP contribution in [0.15, 0.2) is 29.4 Å². The minimum Gasteiger partial charge on any atom is -0.351 e. The summed E-state index contributed by atoms with van der Waals surface area (Å²) in [6.45, 7) is 8.63. The van der Waals surface area contributed by atoms with Crippen molar-refractivity contribution in [2.75, 3.05) is 52.9 Å². The van der Waals surface area contributed by atoms with E-state index in [1.165, 1.54) is 5.69 Å². The van der Waals surface area contributed by atoms with Crippen molar-refractivity contribution < 1.29 is 4.79 Å². The molecule has 9 heteroatoms. The Morgan fingerprint density at radius 3 is 2.50 bits per heavy atom. The van der Waals surface area contributed by atoms with E-state index >= 15 is 0 Å². The molecule has 2 saturated heterocycles. The molecule has 1 N–H and O–H groups in total. The predicted octanol–water partition coefficient (Wildman–Crippen LogP) is 1.58. The summed E-state index contributed by atoms with van der Waals surface area (Å²) in [6.07, 6.45) is 4.37. The van der Waals surface area contributed by atoms with Gasteiger partial charge in [0.2, 0.25) is 5.91 Å². The normalized spacial score (nSPS) is 18.0. The van der Waals surface area contributed by atoms with Gasteiger partial charge < -0.3 is 19.5 Å². The molecule has 164 valence electrons. The van der Waals surface area contributed by atoms with E-state index in [0.717, 1.165) is 69.4 Å². The third kappa shape index (κ3) is 5.23. The van der Waals surface area contributed by atoms with Crippen LogP contribution in [0.25, 0.3) is 5.65 Å². The molecule has 2 aromatic rings. The monoisotopic (exact) mass is 525 g/mol. The number of rotatable bonds is 4. The molecule has 0 atom stereocenters. The molecular formula is C21H32IN7O. The van der Waals surface area contributed by atoms with Gasteiger partial charge in [-0.15, -0.1) is 24.0 Å². The number of aryl methyl sites for hydroxylation is 1. The number of hydrogen-bond acceptors (Lipinski definition) is 4. The number of carbonyl (C=O) groups is 1. The van der Waals surface area contributed by atoms with Gasteiger partial charge in [0.15, 0.2) is 5.96 Å². The Morgan fingerprint density at radius 1 is 1.10 bits per heavy atom. The van der Waals surface area contributed by atoms with Crippen LogP contribution in [0.2, 0.25) is 0 Å². The topological polar surface area (TPSA) is 68.5 Å². The molecule has 30 heavy (non-hydrogen) atoms. The quantitative estimate of drug-likeness (QED) is 0.373. The fourth-order valence-corrected chi connectivity index (χ4v) is 4.16. The first-order valence-corrected chi connectivity index (χ1v) is 10.5. The second-order valence-electron chi connectivity index (χ2n) is 7.88. The number of piperazine rings is 1. The van der Waals surface area contributed by atoms with Crippen molar-refractivity contribution in [3.63, 3.8) is 0 Å². The average Bonchev–Trinajstić information content (AvgIpc) is 3.40. The predicted molar refractivity (Wildman–Crippen MR) is 129 cm³/mol. The number of carbonyl (C=O) groups excluding carboxylic acids is 1. The smallest absolute Gasteiger partial charge is 0.236 e. The Labute approximate surface area is 195 Å². The van der Waals surface area contributed by atoms with Crippen molar-refractivity contribution in [1.29, 1.82) is 0 Å². The Morgan fingerprint density at radius 2 is 1.83 bits per heavy atom. The minimum absolute atomic E-state index is 0. The highest BCUT2D eigenvalue weighted by Gasteiger charge is 2.24. The molecule has 0 radical (unpaired) electrons. The molecule has 0 saturated carbocycles. The molecule has 0 spiro atoms. The molecule has 0 unspecified atom stereocenters. The number of nitrogens with zero attached hydrogens (tertiary/aromatic N) is 6. The van der Waals surface area contributed by atoms with E-state index in [-0.39, 0.29) is 29.9 Å². The van der Waals surface area contributed by atoms with E-state index < -0.39 is 0 Å². The van der Waals surface area contributed by atoms with Crippen LogP contribution in [0.1, 0.15) is 24.2 Å². The zero-order valence-electron chi connectivity index (χ0n) is 17.9. The van der Waals surface area contributed by atoms with E-state index in [0.29, 0.717) is 13.1 Å². The first kappa shape index (κ1) is 22.8. The fraction of sp³-hybridized carbons (Fsp3) is 0.571. The Kier molecular flexibility index (Phi) is 7.93. The molecule has 2 aliphatic heterocycles. The molecule has 2 aliphatic rings. The molecule has 4 rings (SSSR count). The van der Waals surface area contributed by atoms with E-state index in [4.69, 9.17) is 0 Å². The van der Waals surface area contributed by atoms with Crippen molar-refractivity contribution in [2.24, 2.45) is 4.99 Å². The molecule has 1 amide bonds. The lowest BCUT2D eigenvalue weighted by Gasteiger charge is -2.36. The summed E-state index contributed by atoms with van der Waals surface area (Å²) in [5.41, 5.74) is 3.13. The zero-order chi connectivity index (χ0) is 20.2. The molecule has 0 bridgehead atoms. The van der Waals surface area contributed by atoms with Crippen LogP contribution in [-0.4, -0.2) is 88.8 Å². The van der Waals surface area contributed by atoms with Crippen molar-refractivity contribution in [1.82, 2.24) is 29.4 Å². The summed E-state index contributed by atoms with van der Waals surface area (Å²) in [5, 5.41) is 3.44. The van der Waals surface area contributed by atoms with Crippen LogP contribution in [0.5, 0.6) is 0 Å². The molecule has 0 aliphatic carbocycles. The summed E-state index contributed by atoms with van der Waals surface area (Å²) in [4.78, 5) is 28.0. The van der Waals surface area contributed by atoms with Gasteiger partial charge in [-0.3, -0.25) is 14.7 Å². The molecule has 2 aromatic heterocycles. The van der Waals surface area contributed by atoms with Gasteiger partial charge in [0.1, 0.15) is 5.65 Å². The highest BCUT2D eigenvalue weighted by Crippen LogP contribution is 2.11. The van der Waals surface area contributed by atoms with Gasteiger partial charge in [-0.1, -0.05) is 6.07 Å². The summed E-state index contributed by atoms with van der Waals surface area (Å²) in [7, 11) is 1.82. The lowest BCUT2D eigenvalue weighted by atomic mass is 10.3. The zero-order valence-corrected chi connectivity index (χ0v) is 20.2. The maximum Gasteiger partial charge on any atom is 0.236 e. The van der Waals surface area contributed by atoms with Crippen LogP contribution in [0.3, 0.4) is 0 Å². The van der Waals surface area contributed by atoms with E-state index in [1.807, 2.05) is 24.1 Å². The third-order valence-corrected chi connectivity index (χ3v) is 5.87. The summed E-state index contributed by atoms with van der Waals surface area (Å²) >= 11 is 0. The standard InChI is InChI=1S/C21H31N7O.HI/c1-17-6-5-7-19-24-18(15-28(17)19)14-23-21(22-2)27-12-10-25(11-13-27)16-20(29)26-8-3-4-9-26;/h5-7,15H,3-4,8-14,16H2,1-2H3,(H,22,23);1H. The number of amides is 1. The number of aliphatic imine (C=N–C) groups is 1. The molecular weight excluding hydrogens is 493 g/mol. The second-order valence-corrected chi connectivity index (χ2v) is 7.88. The number of likely N-dealkylation sites (tertiary alicyclic amines) is 1. The van der Waals surface area contributed by atoms with Gasteiger partial charge in [-0.2, -0.15) is 0 Å². The molecule has 8 nitrogen and oxygen atoms in total. The first-order valence-electron chi connectivity index (χ1n) is 10.5. The Bertz CT molecular complexity index is 883. The van der Waals surface area contributed by atoms with E-state index in [2.05, 4.69) is 48.7 Å². The minimum atomic E-state index is 0. The van der Waals surface area contributed by atoms with E-state index in [1.54, 1.807) is 0 Å². The number of guanidine groups is 1. The number of aromatic nitrogens is 2. The SMILES string of the molecule is CN=C(NCc1cn2c(C)cccc2n1)N1CCN(CC(=O)N2CCCC2)CC1.I. The van der Waals surface area contributed by atoms with E-state index in [9.17, 15) is 4.79 Å². The van der Waals surface area contributed by atoms with Crippen molar-refractivity contribution in [2.45, 2.75) is 26.3 Å².